The molecular weight excluding hydrogens is 184 g/mol. The number of nitrogens with zero attached hydrogens (tertiary/aromatic N) is 2. The maximum absolute atomic E-state index is 10.7. The lowest BCUT2D eigenvalue weighted by atomic mass is 10.3. The minimum atomic E-state index is -1.04. The van der Waals surface area contributed by atoms with Crippen molar-refractivity contribution < 1.29 is 14.3 Å². The Morgan fingerprint density at radius 2 is 2.21 bits per heavy atom. The number of carboxylic acid groups (broad SMARTS) is 1. The highest BCUT2D eigenvalue weighted by atomic mass is 16.4. The summed E-state index contributed by atoms with van der Waals surface area (Å²) in [7, 11) is 0. The van der Waals surface area contributed by atoms with Gasteiger partial charge in [-0.1, -0.05) is 13.8 Å². The van der Waals surface area contributed by atoms with Crippen LogP contribution in [0.1, 0.15) is 30.1 Å². The van der Waals surface area contributed by atoms with Gasteiger partial charge < -0.3 is 9.52 Å². The summed E-state index contributed by atoms with van der Waals surface area (Å²) in [6, 6.07) is 0. The molecule has 1 rings (SSSR count). The smallest absolute Gasteiger partial charge is 0.358 e. The van der Waals surface area contributed by atoms with Gasteiger partial charge >= 0.3 is 5.97 Å². The van der Waals surface area contributed by atoms with Gasteiger partial charge in [-0.2, -0.15) is 0 Å². The molecule has 0 amide bonds. The van der Waals surface area contributed by atoms with E-state index in [-0.39, 0.29) is 5.69 Å². The van der Waals surface area contributed by atoms with Crippen LogP contribution in [-0.4, -0.2) is 34.0 Å². The van der Waals surface area contributed by atoms with Crippen LogP contribution in [0.25, 0.3) is 0 Å². The molecule has 0 aliphatic heterocycles. The average Bonchev–Trinajstić information content (AvgIpc) is 2.62. The highest BCUT2D eigenvalue weighted by Gasteiger charge is 2.16. The van der Waals surface area contributed by atoms with Crippen molar-refractivity contribution in [2.45, 2.75) is 20.4 Å². The van der Waals surface area contributed by atoms with Crippen molar-refractivity contribution in [3.8, 4) is 0 Å². The van der Waals surface area contributed by atoms with Gasteiger partial charge in [-0.3, -0.25) is 4.90 Å². The SMILES string of the molecule is CCN(CC)Cc1ocnc1C(=O)O. The van der Waals surface area contributed by atoms with E-state index >= 15 is 0 Å². The number of carboxylic acids is 1. The number of rotatable bonds is 5. The summed E-state index contributed by atoms with van der Waals surface area (Å²) in [4.78, 5) is 16.4. The Bertz CT molecular complexity index is 305. The number of aromatic nitrogens is 1. The fourth-order valence-electron chi connectivity index (χ4n) is 1.21. The average molecular weight is 198 g/mol. The van der Waals surface area contributed by atoms with Crippen molar-refractivity contribution in [1.29, 1.82) is 0 Å². The first-order valence-electron chi connectivity index (χ1n) is 4.57. The second-order valence-electron chi connectivity index (χ2n) is 2.89. The van der Waals surface area contributed by atoms with Crippen LogP contribution in [0.3, 0.4) is 0 Å². The Labute approximate surface area is 82.4 Å². The predicted molar refractivity (Wildman–Crippen MR) is 50.1 cm³/mol. The van der Waals surface area contributed by atoms with Crippen LogP contribution in [0.2, 0.25) is 0 Å². The van der Waals surface area contributed by atoms with Crippen molar-refractivity contribution in [3.05, 3.63) is 17.8 Å². The van der Waals surface area contributed by atoms with Gasteiger partial charge in [0.05, 0.1) is 6.54 Å². The molecule has 1 heterocycles. The summed E-state index contributed by atoms with van der Waals surface area (Å²) < 4.78 is 5.03. The van der Waals surface area contributed by atoms with E-state index in [9.17, 15) is 4.79 Å². The van der Waals surface area contributed by atoms with Gasteiger partial charge in [0.2, 0.25) is 0 Å². The molecule has 0 aliphatic rings. The minimum absolute atomic E-state index is 0.0110. The molecule has 0 radical (unpaired) electrons. The van der Waals surface area contributed by atoms with Gasteiger partial charge in [0, 0.05) is 0 Å². The molecule has 14 heavy (non-hydrogen) atoms. The van der Waals surface area contributed by atoms with E-state index in [2.05, 4.69) is 9.88 Å². The van der Waals surface area contributed by atoms with Crippen LogP contribution in [0.15, 0.2) is 10.8 Å². The molecule has 0 aliphatic carbocycles. The largest absolute Gasteiger partial charge is 0.476 e. The minimum Gasteiger partial charge on any atom is -0.476 e. The van der Waals surface area contributed by atoms with Crippen LogP contribution in [0.4, 0.5) is 0 Å². The first-order valence-corrected chi connectivity index (χ1v) is 4.57. The van der Waals surface area contributed by atoms with Crippen LogP contribution < -0.4 is 0 Å². The summed E-state index contributed by atoms with van der Waals surface area (Å²) in [6.45, 7) is 6.24. The van der Waals surface area contributed by atoms with Crippen molar-refractivity contribution in [2.24, 2.45) is 0 Å². The fourth-order valence-corrected chi connectivity index (χ4v) is 1.21. The Morgan fingerprint density at radius 1 is 1.57 bits per heavy atom. The fraction of sp³-hybridized carbons (Fsp3) is 0.556. The number of carbonyl (C=O) groups is 1. The van der Waals surface area contributed by atoms with Crippen molar-refractivity contribution >= 4 is 5.97 Å². The predicted octanol–water partition coefficient (Wildman–Crippen LogP) is 1.21. The molecule has 0 fully saturated rings. The molecule has 0 saturated carbocycles. The molecule has 5 nitrogen and oxygen atoms in total. The van der Waals surface area contributed by atoms with Gasteiger partial charge in [-0.15, -0.1) is 0 Å². The topological polar surface area (TPSA) is 66.6 Å². The van der Waals surface area contributed by atoms with E-state index < -0.39 is 5.97 Å². The summed E-state index contributed by atoms with van der Waals surface area (Å²) in [5.41, 5.74) is 0.0110. The number of hydrogen-bond acceptors (Lipinski definition) is 4. The molecule has 1 aromatic rings. The lowest BCUT2D eigenvalue weighted by Crippen LogP contribution is -2.23. The maximum Gasteiger partial charge on any atom is 0.358 e. The zero-order valence-corrected chi connectivity index (χ0v) is 8.36. The first-order chi connectivity index (χ1) is 6.69. The Kier molecular flexibility index (Phi) is 3.64. The van der Waals surface area contributed by atoms with E-state index in [1.807, 2.05) is 13.8 Å². The van der Waals surface area contributed by atoms with Gasteiger partial charge in [0.1, 0.15) is 0 Å². The molecule has 1 N–H and O–H groups in total. The third-order valence-corrected chi connectivity index (χ3v) is 2.11. The van der Waals surface area contributed by atoms with Crippen LogP contribution in [-0.2, 0) is 6.54 Å². The van der Waals surface area contributed by atoms with E-state index in [1.165, 1.54) is 6.39 Å². The molecule has 78 valence electrons. The number of oxazole rings is 1. The van der Waals surface area contributed by atoms with E-state index in [1.54, 1.807) is 0 Å². The first kappa shape index (κ1) is 10.7. The molecule has 0 bridgehead atoms. The second-order valence-corrected chi connectivity index (χ2v) is 2.89. The van der Waals surface area contributed by atoms with Crippen molar-refractivity contribution in [1.82, 2.24) is 9.88 Å². The molecular formula is C9H14N2O3. The monoisotopic (exact) mass is 198 g/mol. The standard InChI is InChI=1S/C9H14N2O3/c1-3-11(4-2)5-7-8(9(12)13)10-6-14-7/h6H,3-5H2,1-2H3,(H,12,13). The number of aromatic carboxylic acids is 1. The number of hydrogen-bond donors (Lipinski definition) is 1. The molecule has 0 aromatic carbocycles. The second kappa shape index (κ2) is 4.76. The Morgan fingerprint density at radius 3 is 2.71 bits per heavy atom. The molecule has 0 atom stereocenters. The Hall–Kier alpha value is -1.36. The normalized spacial score (nSPS) is 10.8. The Balaban J connectivity index is 2.75. The third kappa shape index (κ3) is 2.32. The quantitative estimate of drug-likeness (QED) is 0.770. The zero-order valence-electron chi connectivity index (χ0n) is 8.36. The maximum atomic E-state index is 10.7. The molecule has 5 heteroatoms. The van der Waals surface area contributed by atoms with Gasteiger partial charge in [0.15, 0.2) is 17.8 Å². The third-order valence-electron chi connectivity index (χ3n) is 2.11. The van der Waals surface area contributed by atoms with E-state index in [0.717, 1.165) is 13.1 Å². The van der Waals surface area contributed by atoms with E-state index in [0.29, 0.717) is 12.3 Å². The summed E-state index contributed by atoms with van der Waals surface area (Å²) in [6.07, 6.45) is 1.17. The van der Waals surface area contributed by atoms with Crippen molar-refractivity contribution in [3.63, 3.8) is 0 Å². The highest BCUT2D eigenvalue weighted by Crippen LogP contribution is 2.09. The zero-order chi connectivity index (χ0) is 10.6. The van der Waals surface area contributed by atoms with E-state index in [4.69, 9.17) is 9.52 Å². The van der Waals surface area contributed by atoms with Crippen LogP contribution >= 0.6 is 0 Å². The molecule has 0 spiro atoms. The van der Waals surface area contributed by atoms with Crippen LogP contribution in [0, 0.1) is 0 Å². The molecule has 0 saturated heterocycles. The van der Waals surface area contributed by atoms with Crippen LogP contribution in [0.5, 0.6) is 0 Å². The lowest BCUT2D eigenvalue weighted by molar-refractivity contribution is 0.0687. The summed E-state index contributed by atoms with van der Waals surface area (Å²) >= 11 is 0. The van der Waals surface area contributed by atoms with Gasteiger partial charge in [-0.25, -0.2) is 9.78 Å². The van der Waals surface area contributed by atoms with Gasteiger partial charge in [0.25, 0.3) is 0 Å². The van der Waals surface area contributed by atoms with Crippen molar-refractivity contribution in [2.75, 3.05) is 13.1 Å². The lowest BCUT2D eigenvalue weighted by Gasteiger charge is -2.15. The van der Waals surface area contributed by atoms with Gasteiger partial charge in [-0.05, 0) is 13.1 Å². The molecule has 0 unspecified atom stereocenters. The highest BCUT2D eigenvalue weighted by molar-refractivity contribution is 5.86. The molecule has 1 aromatic heterocycles. The summed E-state index contributed by atoms with van der Waals surface area (Å²) in [5.74, 6) is -0.623. The summed E-state index contributed by atoms with van der Waals surface area (Å²) in [5, 5.41) is 8.77.